The number of nitrogens with zero attached hydrogens (tertiary/aromatic N) is 4. The lowest BCUT2D eigenvalue weighted by atomic mass is 9.94. The van der Waals surface area contributed by atoms with Crippen LogP contribution in [0.3, 0.4) is 0 Å². The molecule has 0 spiro atoms. The second-order valence-corrected chi connectivity index (χ2v) is 4.90. The van der Waals surface area contributed by atoms with Gasteiger partial charge in [-0.2, -0.15) is 10.4 Å². The van der Waals surface area contributed by atoms with Gasteiger partial charge in [0.05, 0.1) is 5.69 Å². The molecule has 2 unspecified atom stereocenters. The van der Waals surface area contributed by atoms with Crippen LogP contribution in [0.2, 0.25) is 0 Å². The third kappa shape index (κ3) is 2.01. The number of nitrogens with two attached hydrogens (primary N) is 1. The zero-order valence-corrected chi connectivity index (χ0v) is 10.6. The number of nitriles is 1. The van der Waals surface area contributed by atoms with Crippen molar-refractivity contribution in [1.29, 1.82) is 5.26 Å². The van der Waals surface area contributed by atoms with Gasteiger partial charge in [-0.3, -0.25) is 4.68 Å². The van der Waals surface area contributed by atoms with E-state index >= 15 is 0 Å². The molecule has 0 amide bonds. The minimum Gasteiger partial charge on any atom is -0.355 e. The van der Waals surface area contributed by atoms with Gasteiger partial charge in [0.1, 0.15) is 17.5 Å². The van der Waals surface area contributed by atoms with Crippen molar-refractivity contribution in [2.45, 2.75) is 26.3 Å². The summed E-state index contributed by atoms with van der Waals surface area (Å²) in [7, 11) is 1.89. The average molecular weight is 233 g/mol. The van der Waals surface area contributed by atoms with Crippen molar-refractivity contribution >= 4 is 5.82 Å². The maximum atomic E-state index is 9.21. The molecule has 2 atom stereocenters. The molecule has 2 heterocycles. The van der Waals surface area contributed by atoms with E-state index in [9.17, 15) is 5.26 Å². The van der Waals surface area contributed by atoms with Gasteiger partial charge in [0, 0.05) is 26.2 Å². The summed E-state index contributed by atoms with van der Waals surface area (Å²) in [5.74, 6) is 1.38. The van der Waals surface area contributed by atoms with Crippen molar-refractivity contribution in [2.24, 2.45) is 18.7 Å². The number of anilines is 1. The summed E-state index contributed by atoms with van der Waals surface area (Å²) in [4.78, 5) is 2.23. The first-order valence-electron chi connectivity index (χ1n) is 5.98. The van der Waals surface area contributed by atoms with Gasteiger partial charge >= 0.3 is 0 Å². The topological polar surface area (TPSA) is 70.9 Å². The van der Waals surface area contributed by atoms with Crippen LogP contribution in [-0.4, -0.2) is 28.9 Å². The van der Waals surface area contributed by atoms with Gasteiger partial charge in [-0.15, -0.1) is 0 Å². The molecule has 1 aliphatic heterocycles. The molecule has 1 fully saturated rings. The largest absolute Gasteiger partial charge is 0.355 e. The van der Waals surface area contributed by atoms with Gasteiger partial charge in [0.15, 0.2) is 0 Å². The van der Waals surface area contributed by atoms with E-state index in [-0.39, 0.29) is 6.04 Å². The highest BCUT2D eigenvalue weighted by Gasteiger charge is 2.27. The predicted octanol–water partition coefficient (Wildman–Crippen LogP) is 0.774. The Morgan fingerprint density at radius 1 is 1.53 bits per heavy atom. The molecule has 1 aliphatic rings. The van der Waals surface area contributed by atoms with E-state index in [0.717, 1.165) is 31.0 Å². The Balaban J connectivity index is 2.32. The van der Waals surface area contributed by atoms with Crippen LogP contribution in [-0.2, 0) is 7.05 Å². The second-order valence-electron chi connectivity index (χ2n) is 4.90. The molecular formula is C12H19N5. The number of hydrogen-bond acceptors (Lipinski definition) is 4. The minimum atomic E-state index is 0.270. The summed E-state index contributed by atoms with van der Waals surface area (Å²) in [6.45, 7) is 5.83. The molecule has 2 rings (SSSR count). The van der Waals surface area contributed by atoms with Crippen molar-refractivity contribution in [3.8, 4) is 6.07 Å². The van der Waals surface area contributed by atoms with Gasteiger partial charge < -0.3 is 10.6 Å². The summed E-state index contributed by atoms with van der Waals surface area (Å²) in [5.41, 5.74) is 7.51. The van der Waals surface area contributed by atoms with E-state index < -0.39 is 0 Å². The fourth-order valence-corrected chi connectivity index (χ4v) is 2.50. The zero-order chi connectivity index (χ0) is 12.6. The maximum absolute atomic E-state index is 9.21. The monoisotopic (exact) mass is 233 g/mol. The van der Waals surface area contributed by atoms with E-state index in [1.807, 2.05) is 14.0 Å². The van der Waals surface area contributed by atoms with Gasteiger partial charge in [-0.05, 0) is 19.3 Å². The van der Waals surface area contributed by atoms with E-state index in [0.29, 0.717) is 11.5 Å². The van der Waals surface area contributed by atoms with Crippen LogP contribution < -0.4 is 10.6 Å². The first-order chi connectivity index (χ1) is 8.04. The van der Waals surface area contributed by atoms with Crippen LogP contribution in [0, 0.1) is 24.2 Å². The highest BCUT2D eigenvalue weighted by atomic mass is 15.4. The van der Waals surface area contributed by atoms with E-state index in [2.05, 4.69) is 23.0 Å². The Morgan fingerprint density at radius 2 is 2.24 bits per heavy atom. The predicted molar refractivity (Wildman–Crippen MR) is 66.6 cm³/mol. The first-order valence-corrected chi connectivity index (χ1v) is 5.98. The summed E-state index contributed by atoms with van der Waals surface area (Å²) in [6.07, 6.45) is 0.969. The standard InChI is InChI=1S/C12H19N5/c1-8-7-17(5-4-11(8)14)12-10(6-13)9(2)15-16(12)3/h8,11H,4-5,7,14H2,1-3H3. The zero-order valence-electron chi connectivity index (χ0n) is 10.6. The highest BCUT2D eigenvalue weighted by Crippen LogP contribution is 2.26. The fourth-order valence-electron chi connectivity index (χ4n) is 2.50. The number of rotatable bonds is 1. The Kier molecular flexibility index (Phi) is 3.07. The lowest BCUT2D eigenvalue weighted by molar-refractivity contribution is 0.379. The fraction of sp³-hybridized carbons (Fsp3) is 0.667. The molecule has 0 radical (unpaired) electrons. The normalized spacial score (nSPS) is 24.8. The van der Waals surface area contributed by atoms with Crippen LogP contribution in [0.4, 0.5) is 5.82 Å². The van der Waals surface area contributed by atoms with E-state index in [1.54, 1.807) is 4.68 Å². The van der Waals surface area contributed by atoms with Crippen LogP contribution in [0.15, 0.2) is 0 Å². The van der Waals surface area contributed by atoms with Gasteiger partial charge in [0.2, 0.25) is 0 Å². The van der Waals surface area contributed by atoms with E-state index in [4.69, 9.17) is 5.73 Å². The van der Waals surface area contributed by atoms with Crippen molar-refractivity contribution in [2.75, 3.05) is 18.0 Å². The minimum absolute atomic E-state index is 0.270. The first kappa shape index (κ1) is 11.9. The molecule has 1 aromatic rings. The Labute approximate surface area is 102 Å². The molecule has 0 aliphatic carbocycles. The Bertz CT molecular complexity index is 456. The van der Waals surface area contributed by atoms with Crippen LogP contribution in [0.1, 0.15) is 24.6 Å². The molecular weight excluding hydrogens is 214 g/mol. The summed E-state index contributed by atoms with van der Waals surface area (Å²) >= 11 is 0. The van der Waals surface area contributed by atoms with Gasteiger partial charge in [-0.25, -0.2) is 0 Å². The average Bonchev–Trinajstić information content (AvgIpc) is 2.57. The van der Waals surface area contributed by atoms with Crippen LogP contribution in [0.25, 0.3) is 0 Å². The van der Waals surface area contributed by atoms with Gasteiger partial charge in [0.25, 0.3) is 0 Å². The molecule has 1 saturated heterocycles. The lowest BCUT2D eigenvalue weighted by Gasteiger charge is -2.36. The molecule has 0 aromatic carbocycles. The molecule has 5 nitrogen and oxygen atoms in total. The number of aryl methyl sites for hydroxylation is 2. The number of piperidine rings is 1. The van der Waals surface area contributed by atoms with Crippen molar-refractivity contribution in [3.05, 3.63) is 11.3 Å². The lowest BCUT2D eigenvalue weighted by Crippen LogP contribution is -2.46. The molecule has 17 heavy (non-hydrogen) atoms. The Morgan fingerprint density at radius 3 is 2.82 bits per heavy atom. The van der Waals surface area contributed by atoms with Crippen molar-refractivity contribution in [1.82, 2.24) is 9.78 Å². The van der Waals surface area contributed by atoms with Crippen molar-refractivity contribution < 1.29 is 0 Å². The Hall–Kier alpha value is -1.54. The summed E-state index contributed by atoms with van der Waals surface area (Å²) < 4.78 is 1.80. The van der Waals surface area contributed by atoms with Crippen LogP contribution >= 0.6 is 0 Å². The smallest absolute Gasteiger partial charge is 0.144 e. The molecule has 5 heteroatoms. The quantitative estimate of drug-likeness (QED) is 0.778. The summed E-state index contributed by atoms with van der Waals surface area (Å²) in [6, 6.07) is 2.52. The summed E-state index contributed by atoms with van der Waals surface area (Å²) in [5, 5.41) is 13.5. The molecule has 0 bridgehead atoms. The SMILES string of the molecule is Cc1nn(C)c(N2CCC(N)C(C)C2)c1C#N. The van der Waals surface area contributed by atoms with Crippen LogP contribution in [0.5, 0.6) is 0 Å². The van der Waals surface area contributed by atoms with Gasteiger partial charge in [-0.1, -0.05) is 6.92 Å². The third-order valence-electron chi connectivity index (χ3n) is 3.57. The highest BCUT2D eigenvalue weighted by molar-refractivity contribution is 5.57. The molecule has 1 aromatic heterocycles. The second kappa shape index (κ2) is 4.38. The molecule has 92 valence electrons. The van der Waals surface area contributed by atoms with Crippen molar-refractivity contribution in [3.63, 3.8) is 0 Å². The third-order valence-corrected chi connectivity index (χ3v) is 3.57. The molecule has 2 N–H and O–H groups in total. The number of aromatic nitrogens is 2. The van der Waals surface area contributed by atoms with E-state index in [1.165, 1.54) is 0 Å². The number of hydrogen-bond donors (Lipinski definition) is 1. The maximum Gasteiger partial charge on any atom is 0.144 e. The molecule has 0 saturated carbocycles.